The number of hydrogen-bond acceptors (Lipinski definition) is 3. The van der Waals surface area contributed by atoms with Crippen molar-refractivity contribution in [3.05, 3.63) is 64.9 Å². The molecular formula is C16H12O3. The van der Waals surface area contributed by atoms with Crippen LogP contribution in [0.3, 0.4) is 0 Å². The highest BCUT2D eigenvalue weighted by Gasteiger charge is 2.30. The smallest absolute Gasteiger partial charge is 0.235 e. The average molecular weight is 252 g/mol. The summed E-state index contributed by atoms with van der Waals surface area (Å²) in [5.74, 6) is 0.347. The van der Waals surface area contributed by atoms with Gasteiger partial charge in [0.15, 0.2) is 5.76 Å². The van der Waals surface area contributed by atoms with Gasteiger partial charge < -0.3 is 9.84 Å². The monoisotopic (exact) mass is 252 g/mol. The summed E-state index contributed by atoms with van der Waals surface area (Å²) in [7, 11) is 0. The van der Waals surface area contributed by atoms with E-state index in [0.29, 0.717) is 5.75 Å². The molecule has 0 saturated heterocycles. The van der Waals surface area contributed by atoms with Gasteiger partial charge in [-0.3, -0.25) is 4.79 Å². The molecule has 0 amide bonds. The molecule has 0 bridgehead atoms. The summed E-state index contributed by atoms with van der Waals surface area (Å²) >= 11 is 0. The molecule has 19 heavy (non-hydrogen) atoms. The van der Waals surface area contributed by atoms with Crippen LogP contribution in [0.2, 0.25) is 0 Å². The van der Waals surface area contributed by atoms with Gasteiger partial charge in [0.1, 0.15) is 17.1 Å². The minimum absolute atomic E-state index is 0.0311. The number of carbonyl (C=O) groups is 1. The van der Waals surface area contributed by atoms with Crippen LogP contribution in [0, 0.1) is 6.92 Å². The summed E-state index contributed by atoms with van der Waals surface area (Å²) in [6.45, 7) is 1.84. The van der Waals surface area contributed by atoms with E-state index in [1.165, 1.54) is 0 Å². The molecule has 1 heterocycles. The average Bonchev–Trinajstić information content (AvgIpc) is 2.67. The van der Waals surface area contributed by atoms with Gasteiger partial charge in [0.2, 0.25) is 5.78 Å². The number of hydrogen-bond donors (Lipinski definition) is 1. The van der Waals surface area contributed by atoms with Crippen LogP contribution in [-0.2, 0) is 0 Å². The van der Waals surface area contributed by atoms with Gasteiger partial charge in [0.05, 0.1) is 0 Å². The molecule has 0 aliphatic carbocycles. The number of Topliss-reactive ketones (excluding diaryl/α,β-unsaturated/α-hetero) is 1. The fourth-order valence-corrected chi connectivity index (χ4v) is 2.13. The number of ether oxygens (including phenoxy) is 1. The van der Waals surface area contributed by atoms with Crippen molar-refractivity contribution >= 4 is 11.9 Å². The Morgan fingerprint density at radius 3 is 2.63 bits per heavy atom. The number of aromatic hydroxyl groups is 1. The van der Waals surface area contributed by atoms with Gasteiger partial charge in [-0.05, 0) is 36.3 Å². The molecule has 3 nitrogen and oxygen atoms in total. The predicted molar refractivity (Wildman–Crippen MR) is 72.2 cm³/mol. The molecule has 1 aliphatic rings. The summed E-state index contributed by atoms with van der Waals surface area (Å²) in [4.78, 5) is 12.2. The van der Waals surface area contributed by atoms with Gasteiger partial charge in [-0.2, -0.15) is 0 Å². The van der Waals surface area contributed by atoms with Crippen LogP contribution in [0.1, 0.15) is 21.5 Å². The molecule has 0 atom stereocenters. The third-order valence-electron chi connectivity index (χ3n) is 2.99. The van der Waals surface area contributed by atoms with Gasteiger partial charge in [-0.15, -0.1) is 0 Å². The second-order valence-corrected chi connectivity index (χ2v) is 4.51. The second-order valence-electron chi connectivity index (χ2n) is 4.51. The lowest BCUT2D eigenvalue weighted by atomic mass is 10.1. The maximum Gasteiger partial charge on any atom is 0.235 e. The van der Waals surface area contributed by atoms with Crippen molar-refractivity contribution in [3.63, 3.8) is 0 Å². The number of fused-ring (bicyclic) bond motifs is 1. The number of ketones is 1. The Morgan fingerprint density at radius 2 is 1.89 bits per heavy atom. The van der Waals surface area contributed by atoms with Crippen molar-refractivity contribution in [1.82, 2.24) is 0 Å². The molecule has 1 N–H and O–H groups in total. The first-order valence-electron chi connectivity index (χ1n) is 5.98. The molecule has 0 aromatic heterocycles. The Hall–Kier alpha value is -2.55. The van der Waals surface area contributed by atoms with Crippen LogP contribution in [0.25, 0.3) is 6.08 Å². The summed E-state index contributed by atoms with van der Waals surface area (Å²) in [5, 5.41) is 9.84. The van der Waals surface area contributed by atoms with Gasteiger partial charge in [0, 0.05) is 0 Å². The molecular weight excluding hydrogens is 240 g/mol. The van der Waals surface area contributed by atoms with Crippen LogP contribution < -0.4 is 4.74 Å². The first-order valence-corrected chi connectivity index (χ1v) is 5.98. The van der Waals surface area contributed by atoms with E-state index in [1.54, 1.807) is 18.2 Å². The van der Waals surface area contributed by atoms with Crippen molar-refractivity contribution in [2.75, 3.05) is 0 Å². The Morgan fingerprint density at radius 1 is 1.16 bits per heavy atom. The third kappa shape index (κ3) is 1.99. The zero-order chi connectivity index (χ0) is 13.4. The summed E-state index contributed by atoms with van der Waals surface area (Å²) in [5.41, 5.74) is 1.98. The Bertz CT molecular complexity index is 685. The van der Waals surface area contributed by atoms with Crippen LogP contribution >= 0.6 is 0 Å². The van der Waals surface area contributed by atoms with E-state index in [1.807, 2.05) is 37.3 Å². The predicted octanol–water partition coefficient (Wildman–Crippen LogP) is 3.32. The van der Waals surface area contributed by atoms with Crippen molar-refractivity contribution in [1.29, 1.82) is 0 Å². The Balaban J connectivity index is 2.05. The van der Waals surface area contributed by atoms with E-state index in [4.69, 9.17) is 4.74 Å². The highest BCUT2D eigenvalue weighted by atomic mass is 16.5. The number of rotatable bonds is 1. The number of phenolic OH excluding ortho intramolecular Hbond substituents is 1. The molecule has 0 spiro atoms. The van der Waals surface area contributed by atoms with Crippen LogP contribution in [-0.4, -0.2) is 10.9 Å². The molecule has 0 unspecified atom stereocenters. The second kappa shape index (κ2) is 4.28. The van der Waals surface area contributed by atoms with Crippen molar-refractivity contribution in [2.45, 2.75) is 6.92 Å². The van der Waals surface area contributed by atoms with Crippen LogP contribution in [0.5, 0.6) is 11.5 Å². The maximum atomic E-state index is 12.2. The van der Waals surface area contributed by atoms with Crippen LogP contribution in [0.15, 0.2) is 48.2 Å². The van der Waals surface area contributed by atoms with Crippen molar-refractivity contribution < 1.29 is 14.6 Å². The molecule has 0 saturated carbocycles. The lowest BCUT2D eigenvalue weighted by Crippen LogP contribution is -1.98. The fourth-order valence-electron chi connectivity index (χ4n) is 2.13. The molecule has 0 fully saturated rings. The normalized spacial score (nSPS) is 15.4. The largest absolute Gasteiger partial charge is 0.507 e. The first kappa shape index (κ1) is 11.5. The number of benzene rings is 2. The lowest BCUT2D eigenvalue weighted by molar-refractivity contribution is 0.101. The summed E-state index contributed by atoms with van der Waals surface area (Å²) in [6.07, 6.45) is 1.68. The highest BCUT2D eigenvalue weighted by molar-refractivity contribution is 6.16. The topological polar surface area (TPSA) is 46.5 Å². The van der Waals surface area contributed by atoms with Gasteiger partial charge in [-0.25, -0.2) is 0 Å². The van der Waals surface area contributed by atoms with E-state index in [-0.39, 0.29) is 22.9 Å². The lowest BCUT2D eigenvalue weighted by Gasteiger charge is -2.00. The fraction of sp³-hybridized carbons (Fsp3) is 0.0625. The summed E-state index contributed by atoms with van der Waals surface area (Å²) < 4.78 is 5.54. The van der Waals surface area contributed by atoms with E-state index in [0.717, 1.165) is 11.1 Å². The molecule has 94 valence electrons. The molecule has 0 radical (unpaired) electrons. The highest BCUT2D eigenvalue weighted by Crippen LogP contribution is 2.38. The number of allylic oxidation sites excluding steroid dienone is 1. The van der Waals surface area contributed by atoms with Gasteiger partial charge >= 0.3 is 0 Å². The first-order chi connectivity index (χ1) is 9.15. The Labute approximate surface area is 110 Å². The van der Waals surface area contributed by atoms with Crippen molar-refractivity contribution in [3.8, 4) is 11.5 Å². The zero-order valence-electron chi connectivity index (χ0n) is 10.4. The minimum atomic E-state index is -0.281. The molecule has 3 rings (SSSR count). The minimum Gasteiger partial charge on any atom is -0.507 e. The van der Waals surface area contributed by atoms with Gasteiger partial charge in [0.25, 0.3) is 0 Å². The zero-order valence-corrected chi connectivity index (χ0v) is 10.4. The van der Waals surface area contributed by atoms with Crippen LogP contribution in [0.4, 0.5) is 0 Å². The van der Waals surface area contributed by atoms with E-state index >= 15 is 0 Å². The summed E-state index contributed by atoms with van der Waals surface area (Å²) in [6, 6.07) is 12.8. The Kier molecular flexibility index (Phi) is 2.60. The number of aryl methyl sites for hydroxylation is 1. The molecule has 1 aliphatic heterocycles. The molecule has 2 aromatic rings. The SMILES string of the molecule is Cc1cc(O)c2c(c1)OC(=Cc1ccccc1)C2=O. The van der Waals surface area contributed by atoms with Gasteiger partial charge in [-0.1, -0.05) is 30.3 Å². The van der Waals surface area contributed by atoms with E-state index in [2.05, 4.69) is 0 Å². The quantitative estimate of drug-likeness (QED) is 0.792. The number of phenols is 1. The van der Waals surface area contributed by atoms with E-state index < -0.39 is 0 Å². The molecule has 3 heteroatoms. The maximum absolute atomic E-state index is 12.2. The number of carbonyl (C=O) groups excluding carboxylic acids is 1. The molecule has 2 aromatic carbocycles. The standard InChI is InChI=1S/C16H12O3/c1-10-7-12(17)15-13(8-10)19-14(16(15)18)9-11-5-3-2-4-6-11/h2-9,17H,1H3. The third-order valence-corrected chi connectivity index (χ3v) is 2.99. The van der Waals surface area contributed by atoms with E-state index in [9.17, 15) is 9.90 Å². The van der Waals surface area contributed by atoms with Crippen molar-refractivity contribution in [2.24, 2.45) is 0 Å².